The van der Waals surface area contributed by atoms with E-state index >= 15 is 0 Å². The molecule has 0 aliphatic heterocycles. The van der Waals surface area contributed by atoms with Crippen LogP contribution in [0, 0.1) is 27.7 Å². The summed E-state index contributed by atoms with van der Waals surface area (Å²) >= 11 is 0. The standard InChI is InChI=1S/C16H22N4/c1-10-7-11(2)18-16(15(10)9-17-14-5-6-14)20-13(4)8-12(3)19-20/h7-8,14,17H,5-6,9H2,1-4H3. The van der Waals surface area contributed by atoms with Gasteiger partial charge in [0.15, 0.2) is 5.82 Å². The number of hydrogen-bond acceptors (Lipinski definition) is 3. The van der Waals surface area contributed by atoms with Crippen molar-refractivity contribution in [3.8, 4) is 5.82 Å². The molecule has 2 aromatic heterocycles. The fourth-order valence-electron chi connectivity index (χ4n) is 2.61. The minimum atomic E-state index is 0.698. The summed E-state index contributed by atoms with van der Waals surface area (Å²) < 4.78 is 1.97. The van der Waals surface area contributed by atoms with Gasteiger partial charge in [-0.05, 0) is 58.2 Å². The maximum absolute atomic E-state index is 4.74. The van der Waals surface area contributed by atoms with Gasteiger partial charge in [0.1, 0.15) is 0 Å². The average Bonchev–Trinajstić information content (AvgIpc) is 3.12. The molecule has 0 saturated heterocycles. The highest BCUT2D eigenvalue weighted by Crippen LogP contribution is 2.23. The molecule has 4 heteroatoms. The molecule has 3 rings (SSSR count). The van der Waals surface area contributed by atoms with Crippen molar-refractivity contribution in [1.29, 1.82) is 0 Å². The molecule has 2 aromatic rings. The van der Waals surface area contributed by atoms with Gasteiger partial charge in [-0.1, -0.05) is 0 Å². The molecular weight excluding hydrogens is 248 g/mol. The highest BCUT2D eigenvalue weighted by Gasteiger charge is 2.22. The van der Waals surface area contributed by atoms with Crippen molar-refractivity contribution in [3.63, 3.8) is 0 Å². The number of aromatic nitrogens is 3. The first-order chi connectivity index (χ1) is 9.54. The third kappa shape index (κ3) is 2.61. The first-order valence-corrected chi connectivity index (χ1v) is 7.29. The van der Waals surface area contributed by atoms with Gasteiger partial charge in [0.2, 0.25) is 0 Å². The lowest BCUT2D eigenvalue weighted by Crippen LogP contribution is -2.19. The third-order valence-corrected chi connectivity index (χ3v) is 3.81. The Labute approximate surface area is 120 Å². The van der Waals surface area contributed by atoms with Gasteiger partial charge in [-0.3, -0.25) is 0 Å². The molecule has 1 saturated carbocycles. The second-order valence-electron chi connectivity index (χ2n) is 5.88. The lowest BCUT2D eigenvalue weighted by Gasteiger charge is -2.15. The van der Waals surface area contributed by atoms with Crippen LogP contribution in [0.15, 0.2) is 12.1 Å². The Morgan fingerprint density at radius 2 is 1.90 bits per heavy atom. The molecule has 1 fully saturated rings. The molecule has 4 nitrogen and oxygen atoms in total. The number of aryl methyl sites for hydroxylation is 4. The van der Waals surface area contributed by atoms with Crippen molar-refractivity contribution in [3.05, 3.63) is 40.3 Å². The largest absolute Gasteiger partial charge is 0.310 e. The van der Waals surface area contributed by atoms with Crippen LogP contribution in [0.25, 0.3) is 5.82 Å². The molecule has 0 aromatic carbocycles. The average molecular weight is 270 g/mol. The zero-order chi connectivity index (χ0) is 14.3. The van der Waals surface area contributed by atoms with Gasteiger partial charge >= 0.3 is 0 Å². The van der Waals surface area contributed by atoms with E-state index in [1.807, 2.05) is 18.5 Å². The molecule has 0 radical (unpaired) electrons. The summed E-state index contributed by atoms with van der Waals surface area (Å²) in [4.78, 5) is 4.74. The topological polar surface area (TPSA) is 42.7 Å². The van der Waals surface area contributed by atoms with Crippen LogP contribution in [0.3, 0.4) is 0 Å². The van der Waals surface area contributed by atoms with Gasteiger partial charge in [-0.25, -0.2) is 9.67 Å². The van der Waals surface area contributed by atoms with Gasteiger partial charge in [0.25, 0.3) is 0 Å². The van der Waals surface area contributed by atoms with Gasteiger partial charge in [-0.2, -0.15) is 5.10 Å². The molecule has 0 unspecified atom stereocenters. The van der Waals surface area contributed by atoms with Crippen molar-refractivity contribution < 1.29 is 0 Å². The van der Waals surface area contributed by atoms with Gasteiger partial charge < -0.3 is 5.32 Å². The molecule has 0 bridgehead atoms. The summed E-state index contributed by atoms with van der Waals surface area (Å²) in [6, 6.07) is 4.94. The molecule has 1 aliphatic carbocycles. The SMILES string of the molecule is Cc1cc(C)c(CNC2CC2)c(-n2nc(C)cc2C)n1. The van der Waals surface area contributed by atoms with Crippen molar-refractivity contribution in [2.75, 3.05) is 0 Å². The van der Waals surface area contributed by atoms with E-state index in [-0.39, 0.29) is 0 Å². The summed E-state index contributed by atoms with van der Waals surface area (Å²) in [5, 5.41) is 8.18. The van der Waals surface area contributed by atoms with Crippen LogP contribution >= 0.6 is 0 Å². The number of pyridine rings is 1. The Morgan fingerprint density at radius 1 is 1.15 bits per heavy atom. The highest BCUT2D eigenvalue weighted by atomic mass is 15.3. The fraction of sp³-hybridized carbons (Fsp3) is 0.500. The third-order valence-electron chi connectivity index (χ3n) is 3.81. The Hall–Kier alpha value is -1.68. The van der Waals surface area contributed by atoms with Gasteiger partial charge in [0, 0.05) is 29.5 Å². The van der Waals surface area contributed by atoms with Crippen molar-refractivity contribution in [2.24, 2.45) is 0 Å². The van der Waals surface area contributed by atoms with Crippen LogP contribution in [0.4, 0.5) is 0 Å². The van der Waals surface area contributed by atoms with E-state index in [2.05, 4.69) is 36.4 Å². The Kier molecular flexibility index (Phi) is 3.34. The summed E-state index contributed by atoms with van der Waals surface area (Å²) in [5.74, 6) is 0.973. The van der Waals surface area contributed by atoms with E-state index in [0.717, 1.165) is 29.4 Å². The van der Waals surface area contributed by atoms with E-state index in [1.54, 1.807) is 0 Å². The summed E-state index contributed by atoms with van der Waals surface area (Å²) in [6.07, 6.45) is 2.60. The number of hydrogen-bond donors (Lipinski definition) is 1. The molecule has 2 heterocycles. The molecular formula is C16H22N4. The van der Waals surface area contributed by atoms with E-state index in [0.29, 0.717) is 6.04 Å². The predicted molar refractivity (Wildman–Crippen MR) is 80.2 cm³/mol. The molecule has 0 atom stereocenters. The molecule has 20 heavy (non-hydrogen) atoms. The predicted octanol–water partition coefficient (Wildman–Crippen LogP) is 2.75. The first-order valence-electron chi connectivity index (χ1n) is 7.29. The quantitative estimate of drug-likeness (QED) is 0.929. The number of nitrogens with one attached hydrogen (secondary N) is 1. The van der Waals surface area contributed by atoms with E-state index in [9.17, 15) is 0 Å². The maximum atomic E-state index is 4.74. The Bertz CT molecular complexity index is 638. The van der Waals surface area contributed by atoms with Crippen LogP contribution in [0.5, 0.6) is 0 Å². The second kappa shape index (κ2) is 5.02. The Morgan fingerprint density at radius 3 is 2.50 bits per heavy atom. The zero-order valence-electron chi connectivity index (χ0n) is 12.7. The lowest BCUT2D eigenvalue weighted by atomic mass is 10.1. The maximum Gasteiger partial charge on any atom is 0.158 e. The summed E-state index contributed by atoms with van der Waals surface area (Å²) in [5.41, 5.74) is 5.75. The van der Waals surface area contributed by atoms with E-state index in [1.165, 1.54) is 24.0 Å². The van der Waals surface area contributed by atoms with E-state index < -0.39 is 0 Å². The zero-order valence-corrected chi connectivity index (χ0v) is 12.7. The normalized spacial score (nSPS) is 14.8. The molecule has 0 spiro atoms. The molecule has 0 amide bonds. The summed E-state index contributed by atoms with van der Waals surface area (Å²) in [6.45, 7) is 9.18. The Balaban J connectivity index is 2.04. The van der Waals surface area contributed by atoms with Crippen LogP contribution in [-0.2, 0) is 6.54 Å². The van der Waals surface area contributed by atoms with Gasteiger partial charge in [-0.15, -0.1) is 0 Å². The first kappa shape index (κ1) is 13.3. The van der Waals surface area contributed by atoms with E-state index in [4.69, 9.17) is 4.98 Å². The minimum absolute atomic E-state index is 0.698. The molecule has 106 valence electrons. The number of nitrogens with zero attached hydrogens (tertiary/aromatic N) is 3. The van der Waals surface area contributed by atoms with Crippen molar-refractivity contribution >= 4 is 0 Å². The van der Waals surface area contributed by atoms with Crippen LogP contribution in [0.2, 0.25) is 0 Å². The number of rotatable bonds is 4. The monoisotopic (exact) mass is 270 g/mol. The smallest absolute Gasteiger partial charge is 0.158 e. The van der Waals surface area contributed by atoms with Crippen LogP contribution < -0.4 is 5.32 Å². The highest BCUT2D eigenvalue weighted by molar-refractivity contribution is 5.42. The van der Waals surface area contributed by atoms with Crippen molar-refractivity contribution in [2.45, 2.75) is 53.1 Å². The van der Waals surface area contributed by atoms with Gasteiger partial charge in [0.05, 0.1) is 5.69 Å². The second-order valence-corrected chi connectivity index (χ2v) is 5.88. The minimum Gasteiger partial charge on any atom is -0.310 e. The van der Waals surface area contributed by atoms with Crippen LogP contribution in [-0.4, -0.2) is 20.8 Å². The summed E-state index contributed by atoms with van der Waals surface area (Å²) in [7, 11) is 0. The molecule has 1 N–H and O–H groups in total. The molecule has 1 aliphatic rings. The fourth-order valence-corrected chi connectivity index (χ4v) is 2.61. The van der Waals surface area contributed by atoms with Crippen LogP contribution in [0.1, 0.15) is 41.1 Å². The van der Waals surface area contributed by atoms with Crippen molar-refractivity contribution in [1.82, 2.24) is 20.1 Å². The lowest BCUT2D eigenvalue weighted by molar-refractivity contribution is 0.670.